The predicted octanol–water partition coefficient (Wildman–Crippen LogP) is 10.4. The van der Waals surface area contributed by atoms with Gasteiger partial charge in [0.05, 0.1) is 20.3 Å². The minimum atomic E-state index is -0.833. The molecule has 0 aromatic heterocycles. The van der Waals surface area contributed by atoms with Crippen molar-refractivity contribution in [2.75, 3.05) is 20.3 Å². The second kappa shape index (κ2) is 19.2. The van der Waals surface area contributed by atoms with E-state index >= 15 is 0 Å². The predicted molar refractivity (Wildman–Crippen MR) is 236 cm³/mol. The number of fused-ring (bicyclic) bond motifs is 2. The number of carboxylic acid groups (broad SMARTS) is 1. The summed E-state index contributed by atoms with van der Waals surface area (Å²) in [4.78, 5) is 9.00. The summed E-state index contributed by atoms with van der Waals surface area (Å²) in [7, 11) is 1.68. The van der Waals surface area contributed by atoms with Crippen molar-refractivity contribution < 1.29 is 49.6 Å². The Hall–Kier alpha value is -6.33. The van der Waals surface area contributed by atoms with Crippen LogP contribution in [0.5, 0.6) is 46.0 Å². The molecule has 6 aromatic rings. The monoisotopic (exact) mass is 878 g/mol. The van der Waals surface area contributed by atoms with Gasteiger partial charge in [-0.3, -0.25) is 4.79 Å². The van der Waals surface area contributed by atoms with Gasteiger partial charge < -0.3 is 44.8 Å². The SMILES string of the molecule is Br.CC(=O)O.COc1ccc(C2c3ccc(O)c(C)c3OCC2c2ccc(O)cc2)cc1C.Cc1cc(C2c3ccc(O)c(C)c3OCC2c2ccc(O)cc2)ccc1O. The summed E-state index contributed by atoms with van der Waals surface area (Å²) in [5.41, 5.74) is 9.89. The highest BCUT2D eigenvalue weighted by atomic mass is 79.9. The van der Waals surface area contributed by atoms with E-state index in [1.165, 1.54) is 5.56 Å². The Labute approximate surface area is 360 Å². The molecule has 6 aromatic carbocycles. The summed E-state index contributed by atoms with van der Waals surface area (Å²) >= 11 is 0. The zero-order chi connectivity index (χ0) is 42.5. The van der Waals surface area contributed by atoms with Gasteiger partial charge in [0.2, 0.25) is 0 Å². The van der Waals surface area contributed by atoms with E-state index in [-0.39, 0.29) is 69.4 Å². The van der Waals surface area contributed by atoms with Crippen molar-refractivity contribution in [3.8, 4) is 46.0 Å². The molecule has 0 fully saturated rings. The minimum Gasteiger partial charge on any atom is -0.508 e. The smallest absolute Gasteiger partial charge is 0.300 e. The lowest BCUT2D eigenvalue weighted by Gasteiger charge is -2.35. The van der Waals surface area contributed by atoms with Gasteiger partial charge in [0, 0.05) is 52.8 Å². The molecule has 0 saturated heterocycles. The molecular formula is C49H51BrO10. The van der Waals surface area contributed by atoms with Crippen LogP contribution < -0.4 is 14.2 Å². The molecule has 0 saturated carbocycles. The molecule has 60 heavy (non-hydrogen) atoms. The van der Waals surface area contributed by atoms with Crippen molar-refractivity contribution in [2.45, 2.75) is 58.3 Å². The Morgan fingerprint density at radius 1 is 0.550 bits per heavy atom. The van der Waals surface area contributed by atoms with Gasteiger partial charge in [-0.2, -0.15) is 0 Å². The fourth-order valence-electron chi connectivity index (χ4n) is 8.06. The van der Waals surface area contributed by atoms with Gasteiger partial charge in [-0.05, 0) is 110 Å². The number of ether oxygens (including phenoxy) is 3. The molecule has 0 bridgehead atoms. The maximum atomic E-state index is 10.1. The van der Waals surface area contributed by atoms with Crippen molar-refractivity contribution in [3.05, 3.63) is 165 Å². The van der Waals surface area contributed by atoms with E-state index in [1.807, 2.05) is 82.3 Å². The molecule has 10 nitrogen and oxygen atoms in total. The number of hydrogen-bond donors (Lipinski definition) is 6. The topological polar surface area (TPSA) is 166 Å². The first-order valence-electron chi connectivity index (χ1n) is 19.3. The Bertz CT molecular complexity index is 2440. The molecule has 4 unspecified atom stereocenters. The fraction of sp³-hybridized carbons (Fsp3) is 0.245. The number of aryl methyl sites for hydroxylation is 2. The van der Waals surface area contributed by atoms with Gasteiger partial charge in [0.15, 0.2) is 0 Å². The second-order valence-electron chi connectivity index (χ2n) is 15.0. The molecule has 4 atom stereocenters. The summed E-state index contributed by atoms with van der Waals surface area (Å²) < 4.78 is 17.6. The van der Waals surface area contributed by atoms with Crippen molar-refractivity contribution in [1.82, 2.24) is 0 Å². The summed E-state index contributed by atoms with van der Waals surface area (Å²) in [6, 6.07) is 33.8. The lowest BCUT2D eigenvalue weighted by atomic mass is 9.75. The van der Waals surface area contributed by atoms with Crippen LogP contribution in [0.4, 0.5) is 0 Å². The number of halogens is 1. The number of benzene rings is 6. The third-order valence-corrected chi connectivity index (χ3v) is 11.1. The highest BCUT2D eigenvalue weighted by Gasteiger charge is 2.36. The molecule has 0 radical (unpaired) electrons. The van der Waals surface area contributed by atoms with Gasteiger partial charge in [-0.25, -0.2) is 0 Å². The van der Waals surface area contributed by atoms with Crippen LogP contribution in [-0.2, 0) is 4.79 Å². The zero-order valence-corrected chi connectivity index (χ0v) is 36.1. The molecule has 0 aliphatic carbocycles. The molecule has 2 aliphatic rings. The van der Waals surface area contributed by atoms with Gasteiger partial charge in [-0.1, -0.05) is 60.7 Å². The standard InChI is InChI=1S/C24H24O4.C23H22O4.C2H4O2.BrH/c1-14-12-17(6-11-22(14)27-3)23-19-9-10-21(26)15(2)24(19)28-13-20(23)16-4-7-18(25)8-5-16;1-13-11-16(5-9-20(13)25)22-18-8-10-21(26)14(2)23(18)27-12-19(22)15-3-6-17(24)7-4-15;1-2(3)4;/h4-12,20,23,25-26H,13H2,1-3H3;3-11,19,22,24-26H,12H2,1-2H3;1H3,(H,3,4);1H. The highest BCUT2D eigenvalue weighted by Crippen LogP contribution is 2.51. The maximum Gasteiger partial charge on any atom is 0.300 e. The molecule has 0 amide bonds. The summed E-state index contributed by atoms with van der Waals surface area (Å²) in [6.45, 7) is 9.71. The van der Waals surface area contributed by atoms with E-state index < -0.39 is 5.97 Å². The van der Waals surface area contributed by atoms with Crippen molar-refractivity contribution >= 4 is 23.0 Å². The van der Waals surface area contributed by atoms with Gasteiger partial charge >= 0.3 is 0 Å². The van der Waals surface area contributed by atoms with Gasteiger partial charge in [0.1, 0.15) is 46.0 Å². The van der Waals surface area contributed by atoms with E-state index in [4.69, 9.17) is 24.1 Å². The number of aromatic hydroxyl groups is 5. The molecule has 314 valence electrons. The van der Waals surface area contributed by atoms with E-state index in [0.29, 0.717) is 13.2 Å². The number of hydrogen-bond acceptors (Lipinski definition) is 9. The van der Waals surface area contributed by atoms with E-state index in [0.717, 1.165) is 74.2 Å². The number of aliphatic carboxylic acids is 1. The fourth-order valence-corrected chi connectivity index (χ4v) is 8.06. The van der Waals surface area contributed by atoms with Crippen molar-refractivity contribution in [1.29, 1.82) is 0 Å². The summed E-state index contributed by atoms with van der Waals surface area (Å²) in [6.07, 6.45) is 0. The molecular weight excluding hydrogens is 828 g/mol. The molecule has 11 heteroatoms. The molecule has 2 aliphatic heterocycles. The first-order valence-corrected chi connectivity index (χ1v) is 19.3. The third-order valence-electron chi connectivity index (χ3n) is 11.1. The minimum absolute atomic E-state index is 0. The normalized spacial score (nSPS) is 17.3. The first kappa shape index (κ1) is 44.8. The van der Waals surface area contributed by atoms with Gasteiger partial charge in [-0.15, -0.1) is 17.0 Å². The zero-order valence-electron chi connectivity index (χ0n) is 34.3. The van der Waals surface area contributed by atoms with E-state index in [2.05, 4.69) is 12.1 Å². The van der Waals surface area contributed by atoms with Crippen LogP contribution in [0.15, 0.2) is 109 Å². The average Bonchev–Trinajstić information content (AvgIpc) is 3.21. The largest absolute Gasteiger partial charge is 0.508 e. The Morgan fingerprint density at radius 3 is 1.30 bits per heavy atom. The summed E-state index contributed by atoms with van der Waals surface area (Å²) in [5, 5.41) is 56.9. The van der Waals surface area contributed by atoms with E-state index in [9.17, 15) is 25.5 Å². The molecule has 2 heterocycles. The molecule has 0 spiro atoms. The van der Waals surface area contributed by atoms with Crippen LogP contribution in [0, 0.1) is 27.7 Å². The first-order chi connectivity index (χ1) is 28.2. The van der Waals surface area contributed by atoms with Gasteiger partial charge in [0.25, 0.3) is 5.97 Å². The lowest BCUT2D eigenvalue weighted by Crippen LogP contribution is -2.26. The van der Waals surface area contributed by atoms with E-state index in [1.54, 1.807) is 49.6 Å². The maximum absolute atomic E-state index is 10.1. The number of carboxylic acids is 1. The molecule has 6 N–H and O–H groups in total. The summed E-state index contributed by atoms with van der Waals surface area (Å²) in [5.74, 6) is 2.93. The number of methoxy groups -OCH3 is 1. The number of rotatable bonds is 5. The number of carbonyl (C=O) groups is 1. The van der Waals surface area contributed by atoms with Crippen LogP contribution in [0.1, 0.15) is 86.2 Å². The highest BCUT2D eigenvalue weighted by molar-refractivity contribution is 8.93. The Kier molecular flexibility index (Phi) is 14.3. The Morgan fingerprint density at radius 2 is 0.917 bits per heavy atom. The van der Waals surface area contributed by atoms with Crippen molar-refractivity contribution in [2.24, 2.45) is 0 Å². The third kappa shape index (κ3) is 9.58. The van der Waals surface area contributed by atoms with Crippen molar-refractivity contribution in [3.63, 3.8) is 0 Å². The second-order valence-corrected chi connectivity index (χ2v) is 15.0. The van der Waals surface area contributed by atoms with Crippen LogP contribution in [-0.4, -0.2) is 56.9 Å². The number of phenolic OH excluding ortho intramolecular Hbond substituents is 5. The van der Waals surface area contributed by atoms with Crippen LogP contribution in [0.2, 0.25) is 0 Å². The average molecular weight is 880 g/mol. The Balaban J connectivity index is 0.000000206. The van der Waals surface area contributed by atoms with Crippen LogP contribution >= 0.6 is 17.0 Å². The van der Waals surface area contributed by atoms with Crippen LogP contribution in [0.3, 0.4) is 0 Å². The van der Waals surface area contributed by atoms with Crippen LogP contribution in [0.25, 0.3) is 0 Å². The number of phenols is 5. The molecule has 8 rings (SSSR count). The quantitative estimate of drug-likeness (QED) is 0.0981. The lowest BCUT2D eigenvalue weighted by molar-refractivity contribution is -0.134.